The predicted octanol–water partition coefficient (Wildman–Crippen LogP) is 2.06. The number of hydrogen-bond donors (Lipinski definition) is 0. The van der Waals surface area contributed by atoms with Gasteiger partial charge in [0.1, 0.15) is 0 Å². The average Bonchev–Trinajstić information content (AvgIpc) is 1.46. The van der Waals surface area contributed by atoms with E-state index in [1.54, 1.807) is 0 Å². The second-order valence-corrected chi connectivity index (χ2v) is 0.463. The van der Waals surface area contributed by atoms with Crippen LogP contribution >= 0.6 is 19.9 Å². The zero-order valence-corrected chi connectivity index (χ0v) is 9.76. The molecule has 0 N–H and O–H groups in total. The van der Waals surface area contributed by atoms with Gasteiger partial charge < -0.3 is 0 Å². The van der Waals surface area contributed by atoms with Crippen molar-refractivity contribution in [2.75, 3.05) is 0 Å². The van der Waals surface area contributed by atoms with E-state index >= 15 is 0 Å². The van der Waals surface area contributed by atoms with Crippen LogP contribution in [0.2, 0.25) is 0 Å². The summed E-state index contributed by atoms with van der Waals surface area (Å²) in [6.45, 7) is 3.13. The molecular weight excluding hydrogens is 296 g/mol. The van der Waals surface area contributed by atoms with Crippen molar-refractivity contribution in [3.8, 4) is 0 Å². The summed E-state index contributed by atoms with van der Waals surface area (Å²) < 4.78 is 0. The van der Waals surface area contributed by atoms with Crippen LogP contribution in [0.15, 0.2) is 12.1 Å². The first kappa shape index (κ1) is 9.54. The molecule has 0 fully saturated rings. The first-order valence-electron chi connectivity index (χ1n) is 0.894. The summed E-state index contributed by atoms with van der Waals surface area (Å²) in [5, 5.41) is 0. The van der Waals surface area contributed by atoms with Crippen molar-refractivity contribution in [2.45, 2.75) is 0 Å². The Morgan fingerprint density at radius 2 is 1.60 bits per heavy atom. The quantitative estimate of drug-likeness (QED) is 0.601. The van der Waals surface area contributed by atoms with Crippen LogP contribution in [0.3, 0.4) is 0 Å². The summed E-state index contributed by atoms with van der Waals surface area (Å²) in [6, 6.07) is 0. The molecule has 0 unspecified atom stereocenters. The normalized spacial score (nSPS) is 4.00. The van der Waals surface area contributed by atoms with Gasteiger partial charge >= 0.3 is 33.1 Å². The van der Waals surface area contributed by atoms with E-state index in [0.717, 1.165) is 0 Å². The molecule has 0 aromatic rings. The van der Waals surface area contributed by atoms with Crippen LogP contribution in [0.4, 0.5) is 0 Å². The van der Waals surface area contributed by atoms with Gasteiger partial charge in [-0.25, -0.2) is 0 Å². The molecule has 0 aromatic heterocycles. The Morgan fingerprint density at radius 3 is 1.60 bits per heavy atom. The van der Waals surface area contributed by atoms with Gasteiger partial charge in [0, 0.05) is 0 Å². The molecule has 0 radical (unpaired) electrons. The van der Waals surface area contributed by atoms with E-state index in [4.69, 9.17) is 19.9 Å². The third-order valence-corrected chi connectivity index (χ3v) is 0. The Bertz CT molecular complexity index is 15.1. The van der Waals surface area contributed by atoms with Crippen LogP contribution in [0.1, 0.15) is 0 Å². The standard InChI is InChI=1S/C2H3Cl.ClH.Hg/c1-2-3;;/h2H,1H2;1H;/q;;+1/p-1. The molecule has 0 aromatic carbocycles. The average molecular weight is 299 g/mol. The molecule has 0 nitrogen and oxygen atoms in total. The van der Waals surface area contributed by atoms with Crippen molar-refractivity contribution in [3.63, 3.8) is 0 Å². The fourth-order valence-corrected chi connectivity index (χ4v) is 0. The molecule has 0 saturated carbocycles. The van der Waals surface area contributed by atoms with Crippen LogP contribution in [0, 0.1) is 0 Å². The number of hydrogen-bond acceptors (Lipinski definition) is 0. The molecule has 0 aliphatic heterocycles. The molecule has 0 spiro atoms. The Hall–Kier alpha value is 1.26. The van der Waals surface area contributed by atoms with Crippen molar-refractivity contribution < 1.29 is 24.9 Å². The fourth-order valence-electron chi connectivity index (χ4n) is 0. The summed E-state index contributed by atoms with van der Waals surface area (Å²) >= 11 is 5.26. The first-order valence-corrected chi connectivity index (χ1v) is 8.10. The maximum atomic E-state index is 4.83. The molecule has 0 saturated heterocycles. The van der Waals surface area contributed by atoms with Crippen molar-refractivity contribution >= 4 is 19.9 Å². The van der Waals surface area contributed by atoms with Gasteiger partial charge in [0.05, 0.1) is 0 Å². The molecule has 0 atom stereocenters. The zero-order chi connectivity index (χ0) is 4.71. The Labute approximate surface area is 56.6 Å². The Balaban J connectivity index is 0. The van der Waals surface area contributed by atoms with Gasteiger partial charge in [-0.2, -0.15) is 0 Å². The molecule has 27 valence electrons. The van der Waals surface area contributed by atoms with Crippen molar-refractivity contribution in [1.29, 1.82) is 0 Å². The predicted molar refractivity (Wildman–Crippen MR) is 21.9 cm³/mol. The Morgan fingerprint density at radius 1 is 1.60 bits per heavy atom. The van der Waals surface area contributed by atoms with Gasteiger partial charge in [0.25, 0.3) is 0 Å². The SMILES string of the molecule is C=CCl.[Cl][Hg]. The van der Waals surface area contributed by atoms with Crippen molar-refractivity contribution in [2.24, 2.45) is 0 Å². The van der Waals surface area contributed by atoms with Crippen LogP contribution < -0.4 is 0 Å². The summed E-state index contributed by atoms with van der Waals surface area (Å²) in [5.74, 6) is 0. The van der Waals surface area contributed by atoms with E-state index in [9.17, 15) is 0 Å². The maximum absolute atomic E-state index is 4.83. The molecule has 0 rings (SSSR count). The van der Waals surface area contributed by atoms with E-state index in [0.29, 0.717) is 24.9 Å². The second-order valence-electron chi connectivity index (χ2n) is 0.154. The molecule has 0 aliphatic carbocycles. The van der Waals surface area contributed by atoms with E-state index < -0.39 is 0 Å². The summed E-state index contributed by atoms with van der Waals surface area (Å²) in [4.78, 5) is 0. The molecule has 0 heterocycles. The molecule has 5 heavy (non-hydrogen) atoms. The van der Waals surface area contributed by atoms with Gasteiger partial charge in [-0.1, -0.05) is 18.2 Å². The summed E-state index contributed by atoms with van der Waals surface area (Å²) in [7, 11) is 4.83. The Kier molecular flexibility index (Phi) is 35.7. The van der Waals surface area contributed by atoms with Crippen molar-refractivity contribution in [3.05, 3.63) is 12.1 Å². The molecule has 0 aliphatic rings. The summed E-state index contributed by atoms with van der Waals surface area (Å²) in [5.41, 5.74) is 1.22. The number of halogens is 2. The van der Waals surface area contributed by atoms with Crippen LogP contribution in [-0.2, 0) is 24.9 Å². The summed E-state index contributed by atoms with van der Waals surface area (Å²) in [6.07, 6.45) is 0. The third-order valence-electron chi connectivity index (χ3n) is 0. The zero-order valence-electron chi connectivity index (χ0n) is 2.75. The van der Waals surface area contributed by atoms with Gasteiger partial charge in [-0.3, -0.25) is 0 Å². The van der Waals surface area contributed by atoms with Crippen LogP contribution in [0.5, 0.6) is 0 Å². The van der Waals surface area contributed by atoms with Gasteiger partial charge in [0.15, 0.2) is 0 Å². The fraction of sp³-hybridized carbons (Fsp3) is 0. The minimum atomic E-state index is 0.500. The minimum absolute atomic E-state index is 0.500. The van der Waals surface area contributed by atoms with Crippen molar-refractivity contribution in [1.82, 2.24) is 0 Å². The number of rotatable bonds is 0. The van der Waals surface area contributed by atoms with Crippen LogP contribution in [-0.4, -0.2) is 0 Å². The van der Waals surface area contributed by atoms with E-state index in [1.807, 2.05) is 0 Å². The monoisotopic (exact) mass is 299 g/mol. The van der Waals surface area contributed by atoms with E-state index in [-0.39, 0.29) is 0 Å². The molecular formula is C2H3Cl2Hg. The van der Waals surface area contributed by atoms with Gasteiger partial charge in [-0.15, -0.1) is 0 Å². The second kappa shape index (κ2) is 18.7. The molecule has 0 bridgehead atoms. The van der Waals surface area contributed by atoms with Gasteiger partial charge in [-0.05, 0) is 5.54 Å². The molecule has 3 heteroatoms. The molecule has 0 amide bonds. The first-order chi connectivity index (χ1) is 2.41. The topological polar surface area (TPSA) is 0 Å². The van der Waals surface area contributed by atoms with Crippen LogP contribution in [0.25, 0.3) is 0 Å². The third kappa shape index (κ3) is 35.3. The van der Waals surface area contributed by atoms with Gasteiger partial charge in [0.2, 0.25) is 0 Å². The van der Waals surface area contributed by atoms with E-state index in [1.165, 1.54) is 5.54 Å². The van der Waals surface area contributed by atoms with E-state index in [2.05, 4.69) is 6.58 Å².